The average molecular weight is 560 g/mol. The minimum absolute atomic E-state index is 0.0630. The Morgan fingerprint density at radius 2 is 1.76 bits per heavy atom. The lowest BCUT2D eigenvalue weighted by Gasteiger charge is -2.21. The SMILES string of the molecule is Cc1ccc(N[C@H](C)c2cc(F)cc3c(=O)n(C)c(-c4cnc(-c5cccc(C#N)n5)nc4)cc23)c(C(F)(F)F)n1. The Morgan fingerprint density at radius 3 is 2.44 bits per heavy atom. The Morgan fingerprint density at radius 1 is 1.02 bits per heavy atom. The lowest BCUT2D eigenvalue weighted by molar-refractivity contribution is -0.140. The number of rotatable bonds is 5. The summed E-state index contributed by atoms with van der Waals surface area (Å²) in [5.41, 5.74) is 0.0763. The van der Waals surface area contributed by atoms with Crippen LogP contribution in [0.15, 0.2) is 65.7 Å². The number of fused-ring (bicyclic) bond motifs is 1. The second-order valence-corrected chi connectivity index (χ2v) is 9.38. The van der Waals surface area contributed by atoms with Crippen LogP contribution < -0.4 is 10.9 Å². The third kappa shape index (κ3) is 5.34. The number of benzene rings is 1. The highest BCUT2D eigenvalue weighted by Gasteiger charge is 2.36. The van der Waals surface area contributed by atoms with E-state index in [2.05, 4.69) is 25.3 Å². The van der Waals surface area contributed by atoms with E-state index in [1.165, 1.54) is 49.1 Å². The van der Waals surface area contributed by atoms with Crippen LogP contribution in [0, 0.1) is 24.1 Å². The first kappa shape index (κ1) is 27.4. The van der Waals surface area contributed by atoms with Gasteiger partial charge in [0.2, 0.25) is 0 Å². The summed E-state index contributed by atoms with van der Waals surface area (Å²) in [4.78, 5) is 29.8. The van der Waals surface area contributed by atoms with E-state index in [1.807, 2.05) is 6.07 Å². The van der Waals surface area contributed by atoms with E-state index in [4.69, 9.17) is 5.26 Å². The average Bonchev–Trinajstić information content (AvgIpc) is 2.95. The molecule has 1 atom stereocenters. The Labute approximate surface area is 231 Å². The molecule has 0 aliphatic rings. The maximum Gasteiger partial charge on any atom is 0.435 e. The van der Waals surface area contributed by atoms with Gasteiger partial charge in [-0.25, -0.2) is 24.3 Å². The summed E-state index contributed by atoms with van der Waals surface area (Å²) in [6, 6.07) is 12.6. The van der Waals surface area contributed by atoms with Gasteiger partial charge in [-0.15, -0.1) is 0 Å². The third-order valence-electron chi connectivity index (χ3n) is 6.54. The zero-order chi connectivity index (χ0) is 29.5. The van der Waals surface area contributed by atoms with E-state index in [0.717, 1.165) is 6.07 Å². The maximum atomic E-state index is 14.7. The quantitative estimate of drug-likeness (QED) is 0.265. The molecule has 0 aliphatic carbocycles. The number of nitrogens with one attached hydrogen (secondary N) is 1. The second kappa shape index (κ2) is 10.4. The molecule has 0 amide bonds. The lowest BCUT2D eigenvalue weighted by atomic mass is 9.98. The molecular weight excluding hydrogens is 538 g/mol. The molecule has 0 fully saturated rings. The van der Waals surface area contributed by atoms with Crippen LogP contribution in [0.3, 0.4) is 0 Å². The summed E-state index contributed by atoms with van der Waals surface area (Å²) >= 11 is 0. The molecule has 5 rings (SSSR count). The molecule has 8 nitrogen and oxygen atoms in total. The van der Waals surface area contributed by atoms with Gasteiger partial charge in [-0.2, -0.15) is 18.4 Å². The lowest BCUT2D eigenvalue weighted by Crippen LogP contribution is -2.20. The van der Waals surface area contributed by atoms with Gasteiger partial charge in [-0.05, 0) is 67.3 Å². The number of anilines is 1. The summed E-state index contributed by atoms with van der Waals surface area (Å²) in [6.45, 7) is 3.03. The molecule has 0 aliphatic heterocycles. The first-order valence-corrected chi connectivity index (χ1v) is 12.3. The van der Waals surface area contributed by atoms with Gasteiger partial charge in [-0.3, -0.25) is 4.79 Å². The number of nitrogens with zero attached hydrogens (tertiary/aromatic N) is 6. The maximum absolute atomic E-state index is 14.7. The monoisotopic (exact) mass is 559 g/mol. The van der Waals surface area contributed by atoms with Crippen LogP contribution in [0.4, 0.5) is 23.2 Å². The van der Waals surface area contributed by atoms with Crippen molar-refractivity contribution in [2.75, 3.05) is 5.32 Å². The summed E-state index contributed by atoms with van der Waals surface area (Å²) in [7, 11) is 1.52. The fourth-order valence-electron chi connectivity index (χ4n) is 4.55. The summed E-state index contributed by atoms with van der Waals surface area (Å²) < 4.78 is 57.0. The van der Waals surface area contributed by atoms with Gasteiger partial charge in [-0.1, -0.05) is 6.07 Å². The van der Waals surface area contributed by atoms with Gasteiger partial charge in [0.05, 0.1) is 16.8 Å². The van der Waals surface area contributed by atoms with Crippen molar-refractivity contribution in [1.29, 1.82) is 5.26 Å². The fourth-order valence-corrected chi connectivity index (χ4v) is 4.55. The molecule has 1 N–H and O–H groups in total. The number of hydrogen-bond acceptors (Lipinski definition) is 7. The van der Waals surface area contributed by atoms with Crippen molar-refractivity contribution in [3.8, 4) is 28.8 Å². The van der Waals surface area contributed by atoms with Crippen LogP contribution >= 0.6 is 0 Å². The molecular formula is C29H21F4N7O. The van der Waals surface area contributed by atoms with Gasteiger partial charge < -0.3 is 9.88 Å². The van der Waals surface area contributed by atoms with Crippen molar-refractivity contribution in [2.24, 2.45) is 7.05 Å². The second-order valence-electron chi connectivity index (χ2n) is 9.38. The summed E-state index contributed by atoms with van der Waals surface area (Å²) in [5, 5.41) is 12.3. The van der Waals surface area contributed by atoms with Crippen molar-refractivity contribution in [1.82, 2.24) is 24.5 Å². The number of nitriles is 1. The number of halogens is 4. The highest BCUT2D eigenvalue weighted by atomic mass is 19.4. The first-order chi connectivity index (χ1) is 19.5. The molecule has 0 saturated carbocycles. The predicted molar refractivity (Wildman–Crippen MR) is 144 cm³/mol. The molecule has 4 aromatic heterocycles. The number of aryl methyl sites for hydroxylation is 1. The largest absolute Gasteiger partial charge is 0.435 e. The highest BCUT2D eigenvalue weighted by molar-refractivity contribution is 5.89. The minimum atomic E-state index is -4.71. The molecule has 5 aromatic rings. The van der Waals surface area contributed by atoms with E-state index in [1.54, 1.807) is 31.2 Å². The normalized spacial score (nSPS) is 12.2. The topological polar surface area (TPSA) is 109 Å². The number of alkyl halides is 3. The minimum Gasteiger partial charge on any atom is -0.377 e. The molecule has 12 heteroatoms. The van der Waals surface area contributed by atoms with E-state index >= 15 is 0 Å². The van der Waals surface area contributed by atoms with Crippen molar-refractivity contribution in [2.45, 2.75) is 26.1 Å². The van der Waals surface area contributed by atoms with E-state index in [0.29, 0.717) is 22.3 Å². The van der Waals surface area contributed by atoms with Crippen molar-refractivity contribution >= 4 is 16.5 Å². The smallest absolute Gasteiger partial charge is 0.377 e. The Balaban J connectivity index is 1.59. The molecule has 0 saturated heterocycles. The molecule has 0 radical (unpaired) electrons. The van der Waals surface area contributed by atoms with Gasteiger partial charge in [0, 0.05) is 36.7 Å². The molecule has 0 unspecified atom stereocenters. The van der Waals surface area contributed by atoms with Crippen LogP contribution in [0.1, 0.15) is 35.6 Å². The highest BCUT2D eigenvalue weighted by Crippen LogP contribution is 2.36. The van der Waals surface area contributed by atoms with Gasteiger partial charge in [0.15, 0.2) is 11.5 Å². The van der Waals surface area contributed by atoms with Crippen molar-refractivity contribution in [3.63, 3.8) is 0 Å². The zero-order valence-electron chi connectivity index (χ0n) is 22.0. The molecule has 0 spiro atoms. The standard InChI is InChI=1S/C29H21F4N7O/c1-15-7-8-23(26(37-15)29(31,32)33)38-16(2)20-9-18(30)10-22-21(20)11-25(40(3)28(22)41)17-13-35-27(36-14-17)24-6-4-5-19(12-34)39-24/h4-11,13-14,16,38H,1-3H3/t16-/m1/s1. The molecule has 1 aromatic carbocycles. The number of aromatic nitrogens is 5. The zero-order valence-corrected chi connectivity index (χ0v) is 22.0. The van der Waals surface area contributed by atoms with Crippen molar-refractivity contribution < 1.29 is 17.6 Å². The Bertz CT molecular complexity index is 1890. The first-order valence-electron chi connectivity index (χ1n) is 12.3. The van der Waals surface area contributed by atoms with E-state index in [9.17, 15) is 22.4 Å². The van der Waals surface area contributed by atoms with Crippen LogP contribution in [-0.4, -0.2) is 24.5 Å². The molecule has 0 bridgehead atoms. The van der Waals surface area contributed by atoms with E-state index < -0.39 is 29.3 Å². The van der Waals surface area contributed by atoms with Crippen LogP contribution in [0.25, 0.3) is 33.5 Å². The Hall–Kier alpha value is -5.18. The van der Waals surface area contributed by atoms with Crippen LogP contribution in [0.5, 0.6) is 0 Å². The number of hydrogen-bond donors (Lipinski definition) is 1. The van der Waals surface area contributed by atoms with E-state index in [-0.39, 0.29) is 33.8 Å². The predicted octanol–water partition coefficient (Wildman–Crippen LogP) is 5.96. The van der Waals surface area contributed by atoms with Gasteiger partial charge in [0.25, 0.3) is 5.56 Å². The molecule has 41 heavy (non-hydrogen) atoms. The van der Waals surface area contributed by atoms with Crippen LogP contribution in [-0.2, 0) is 13.2 Å². The fraction of sp³-hybridized carbons (Fsp3) is 0.172. The van der Waals surface area contributed by atoms with Crippen molar-refractivity contribution in [3.05, 3.63) is 99.7 Å². The number of pyridine rings is 3. The van der Waals surface area contributed by atoms with Gasteiger partial charge in [0.1, 0.15) is 23.3 Å². The summed E-state index contributed by atoms with van der Waals surface area (Å²) in [6.07, 6.45) is -1.73. The molecule has 4 heterocycles. The third-order valence-corrected chi connectivity index (χ3v) is 6.54. The summed E-state index contributed by atoms with van der Waals surface area (Å²) in [5.74, 6) is -0.437. The van der Waals surface area contributed by atoms with Gasteiger partial charge >= 0.3 is 6.18 Å². The van der Waals surface area contributed by atoms with Crippen LogP contribution in [0.2, 0.25) is 0 Å². The molecule has 206 valence electrons. The Kier molecular flexibility index (Phi) is 6.96.